The Morgan fingerprint density at radius 3 is 2.89 bits per heavy atom. The molecule has 0 aliphatic rings. The Labute approximate surface area is 127 Å². The first-order valence-corrected chi connectivity index (χ1v) is 8.24. The molecular weight excluding hydrogens is 320 g/mol. The second kappa shape index (κ2) is 6.64. The van der Waals surface area contributed by atoms with Gasteiger partial charge in [-0.1, -0.05) is 28.9 Å². The lowest BCUT2D eigenvalue weighted by Gasteiger charge is -2.09. The number of rotatable bonds is 5. The van der Waals surface area contributed by atoms with E-state index in [9.17, 15) is 0 Å². The zero-order valence-electron chi connectivity index (χ0n) is 11.5. The van der Waals surface area contributed by atoms with Crippen molar-refractivity contribution in [1.29, 1.82) is 0 Å². The summed E-state index contributed by atoms with van der Waals surface area (Å²) in [6.07, 6.45) is 1.15. The van der Waals surface area contributed by atoms with Crippen molar-refractivity contribution in [3.63, 3.8) is 0 Å². The Hall–Kier alpha value is -0.710. The molecule has 0 spiro atoms. The van der Waals surface area contributed by atoms with Crippen LogP contribution in [0.1, 0.15) is 37.6 Å². The number of nitrogens with zero attached hydrogens (tertiary/aromatic N) is 1. The molecule has 0 aliphatic carbocycles. The summed E-state index contributed by atoms with van der Waals surface area (Å²) in [6.45, 7) is 7.51. The molecular formula is C15H19BrN2S. The zero-order chi connectivity index (χ0) is 13.8. The summed E-state index contributed by atoms with van der Waals surface area (Å²) in [5, 5.41) is 6.73. The van der Waals surface area contributed by atoms with Gasteiger partial charge < -0.3 is 5.32 Å². The van der Waals surface area contributed by atoms with Crippen molar-refractivity contribution in [3.05, 3.63) is 39.3 Å². The molecule has 19 heavy (non-hydrogen) atoms. The molecule has 0 amide bonds. The minimum Gasteiger partial charge on any atom is -0.309 e. The maximum absolute atomic E-state index is 4.76. The molecule has 0 aliphatic heterocycles. The summed E-state index contributed by atoms with van der Waals surface area (Å²) in [5.41, 5.74) is 3.61. The molecule has 1 unspecified atom stereocenters. The van der Waals surface area contributed by atoms with Crippen molar-refractivity contribution in [2.75, 3.05) is 6.54 Å². The lowest BCUT2D eigenvalue weighted by molar-refractivity contribution is 0.561. The number of hydrogen-bond donors (Lipinski definition) is 1. The molecule has 2 aromatic rings. The van der Waals surface area contributed by atoms with E-state index in [-0.39, 0.29) is 0 Å². The first kappa shape index (κ1) is 14.7. The molecule has 4 heteroatoms. The fourth-order valence-corrected chi connectivity index (χ4v) is 3.42. The highest BCUT2D eigenvalue weighted by molar-refractivity contribution is 9.10. The number of hydrogen-bond acceptors (Lipinski definition) is 3. The largest absolute Gasteiger partial charge is 0.309 e. The fourth-order valence-electron chi connectivity index (χ4n) is 1.94. The van der Waals surface area contributed by atoms with Crippen molar-refractivity contribution in [1.82, 2.24) is 10.3 Å². The number of halogens is 1. The minimum absolute atomic E-state index is 0.320. The predicted molar refractivity (Wildman–Crippen MR) is 86.7 cm³/mol. The smallest absolute Gasteiger partial charge is 0.123 e. The van der Waals surface area contributed by atoms with Gasteiger partial charge in [0.25, 0.3) is 0 Å². The molecule has 1 aromatic carbocycles. The van der Waals surface area contributed by atoms with Crippen molar-refractivity contribution < 1.29 is 0 Å². The second-order valence-corrected chi connectivity index (χ2v) is 6.49. The number of nitrogens with one attached hydrogen (secondary N) is 1. The van der Waals surface area contributed by atoms with Crippen LogP contribution in [0.4, 0.5) is 0 Å². The molecule has 1 atom stereocenters. The average Bonchev–Trinajstić information content (AvgIpc) is 2.85. The van der Waals surface area contributed by atoms with Crippen LogP contribution in [0.3, 0.4) is 0 Å². The Bertz CT molecular complexity index is 551. The van der Waals surface area contributed by atoms with Crippen LogP contribution in [-0.2, 0) is 0 Å². The van der Waals surface area contributed by atoms with Gasteiger partial charge in [0.05, 0.1) is 5.69 Å². The van der Waals surface area contributed by atoms with Crippen molar-refractivity contribution in [2.45, 2.75) is 33.2 Å². The number of aryl methyl sites for hydroxylation is 1. The molecule has 2 nitrogen and oxygen atoms in total. The van der Waals surface area contributed by atoms with E-state index < -0.39 is 0 Å². The number of thiazole rings is 1. The van der Waals surface area contributed by atoms with E-state index in [1.807, 2.05) is 0 Å². The van der Waals surface area contributed by atoms with Crippen LogP contribution < -0.4 is 5.32 Å². The third-order valence-corrected chi connectivity index (χ3v) is 4.47. The predicted octanol–water partition coefficient (Wildman–Crippen LogP) is 4.94. The third-order valence-electron chi connectivity index (χ3n) is 3.08. The van der Waals surface area contributed by atoms with Crippen molar-refractivity contribution >= 4 is 27.3 Å². The van der Waals surface area contributed by atoms with Gasteiger partial charge in [-0.15, -0.1) is 11.3 Å². The summed E-state index contributed by atoms with van der Waals surface area (Å²) in [7, 11) is 0. The third kappa shape index (κ3) is 3.65. The molecule has 0 bridgehead atoms. The highest BCUT2D eigenvalue weighted by Gasteiger charge is 2.11. The Kier molecular flexibility index (Phi) is 5.13. The van der Waals surface area contributed by atoms with Crippen LogP contribution >= 0.6 is 27.3 Å². The summed E-state index contributed by atoms with van der Waals surface area (Å²) in [4.78, 5) is 4.76. The van der Waals surface area contributed by atoms with Crippen LogP contribution in [0, 0.1) is 6.92 Å². The average molecular weight is 339 g/mol. The van der Waals surface area contributed by atoms with E-state index in [0.29, 0.717) is 6.04 Å². The van der Waals surface area contributed by atoms with Crippen LogP contribution in [0.5, 0.6) is 0 Å². The van der Waals surface area contributed by atoms with Gasteiger partial charge in [0.1, 0.15) is 5.01 Å². The highest BCUT2D eigenvalue weighted by atomic mass is 79.9. The number of benzene rings is 1. The van der Waals surface area contributed by atoms with Gasteiger partial charge in [0.15, 0.2) is 0 Å². The molecule has 0 saturated carbocycles. The normalized spacial score (nSPS) is 12.6. The standard InChI is InChI=1S/C15H19BrN2S/c1-4-7-17-11(3)14-9-19-15(18-14)13-6-5-12(16)8-10(13)2/h5-6,8-9,11,17H,4,7H2,1-3H3. The molecule has 0 saturated heterocycles. The van der Waals surface area contributed by atoms with Gasteiger partial charge in [0, 0.05) is 21.5 Å². The monoisotopic (exact) mass is 338 g/mol. The molecule has 0 radical (unpaired) electrons. The molecule has 0 fully saturated rings. The highest BCUT2D eigenvalue weighted by Crippen LogP contribution is 2.30. The van der Waals surface area contributed by atoms with Crippen molar-refractivity contribution in [3.8, 4) is 10.6 Å². The van der Waals surface area contributed by atoms with Gasteiger partial charge in [-0.25, -0.2) is 4.98 Å². The SMILES string of the molecule is CCCNC(C)c1csc(-c2ccc(Br)cc2C)n1. The van der Waals surface area contributed by atoms with Gasteiger partial charge in [-0.05, 0) is 44.5 Å². The zero-order valence-corrected chi connectivity index (χ0v) is 13.9. The van der Waals surface area contributed by atoms with Gasteiger partial charge in [-0.2, -0.15) is 0 Å². The van der Waals surface area contributed by atoms with Crippen LogP contribution in [0.15, 0.2) is 28.1 Å². The Balaban J connectivity index is 2.20. The van der Waals surface area contributed by atoms with Gasteiger partial charge in [-0.3, -0.25) is 0 Å². The van der Waals surface area contributed by atoms with E-state index in [4.69, 9.17) is 4.98 Å². The van der Waals surface area contributed by atoms with E-state index >= 15 is 0 Å². The minimum atomic E-state index is 0.320. The summed E-state index contributed by atoms with van der Waals surface area (Å²) >= 11 is 5.22. The molecule has 1 aromatic heterocycles. The summed E-state index contributed by atoms with van der Waals surface area (Å²) in [5.74, 6) is 0. The van der Waals surface area contributed by atoms with Crippen LogP contribution in [0.25, 0.3) is 10.6 Å². The van der Waals surface area contributed by atoms with E-state index in [2.05, 4.69) is 65.6 Å². The van der Waals surface area contributed by atoms with Gasteiger partial charge >= 0.3 is 0 Å². The summed E-state index contributed by atoms with van der Waals surface area (Å²) in [6, 6.07) is 6.66. The fraction of sp³-hybridized carbons (Fsp3) is 0.400. The van der Waals surface area contributed by atoms with Crippen LogP contribution in [-0.4, -0.2) is 11.5 Å². The number of aromatic nitrogens is 1. The van der Waals surface area contributed by atoms with Gasteiger partial charge in [0.2, 0.25) is 0 Å². The van der Waals surface area contributed by atoms with E-state index in [0.717, 1.165) is 28.1 Å². The molecule has 2 rings (SSSR count). The first-order chi connectivity index (χ1) is 9.11. The van der Waals surface area contributed by atoms with E-state index in [1.165, 1.54) is 11.1 Å². The van der Waals surface area contributed by atoms with Crippen molar-refractivity contribution in [2.24, 2.45) is 0 Å². The Morgan fingerprint density at radius 2 is 2.21 bits per heavy atom. The Morgan fingerprint density at radius 1 is 1.42 bits per heavy atom. The second-order valence-electron chi connectivity index (χ2n) is 4.71. The molecule has 1 heterocycles. The first-order valence-electron chi connectivity index (χ1n) is 6.57. The molecule has 102 valence electrons. The summed E-state index contributed by atoms with van der Waals surface area (Å²) < 4.78 is 1.11. The lowest BCUT2D eigenvalue weighted by Crippen LogP contribution is -2.19. The van der Waals surface area contributed by atoms with Crippen LogP contribution in [0.2, 0.25) is 0 Å². The maximum Gasteiger partial charge on any atom is 0.123 e. The topological polar surface area (TPSA) is 24.9 Å². The van der Waals surface area contributed by atoms with E-state index in [1.54, 1.807) is 11.3 Å². The quantitative estimate of drug-likeness (QED) is 0.834. The molecule has 1 N–H and O–H groups in total. The lowest BCUT2D eigenvalue weighted by atomic mass is 10.1. The maximum atomic E-state index is 4.76.